The van der Waals surface area contributed by atoms with Crippen LogP contribution in [-0.4, -0.2) is 55.8 Å². The molecule has 2 atom stereocenters. The molecular weight excluding hydrogens is 398 g/mol. The molecule has 1 rings (SSSR count). The van der Waals surface area contributed by atoms with Crippen LogP contribution < -0.4 is 5.32 Å². The minimum absolute atomic E-state index is 0.0727. The molecular formula is C24H39NO4S. The smallest absolute Gasteiger partial charge is 0.333 e. The fourth-order valence-corrected chi connectivity index (χ4v) is 3.72. The van der Waals surface area contributed by atoms with Crippen LogP contribution in [0.3, 0.4) is 0 Å². The van der Waals surface area contributed by atoms with Gasteiger partial charge in [0.15, 0.2) is 0 Å². The van der Waals surface area contributed by atoms with Crippen molar-refractivity contribution in [2.24, 2.45) is 0 Å². The van der Waals surface area contributed by atoms with Gasteiger partial charge in [-0.15, -0.1) is 11.8 Å². The Morgan fingerprint density at radius 2 is 1.90 bits per heavy atom. The van der Waals surface area contributed by atoms with E-state index in [-0.39, 0.29) is 30.3 Å². The van der Waals surface area contributed by atoms with E-state index in [9.17, 15) is 4.79 Å². The molecule has 5 nitrogen and oxygen atoms in total. The predicted octanol–water partition coefficient (Wildman–Crippen LogP) is 4.64. The number of hydrogen-bond acceptors (Lipinski definition) is 6. The van der Waals surface area contributed by atoms with E-state index < -0.39 is 0 Å². The number of benzene rings is 1. The Kier molecular flexibility index (Phi) is 13.0. The van der Waals surface area contributed by atoms with Crippen molar-refractivity contribution in [3.8, 4) is 0 Å². The Morgan fingerprint density at radius 1 is 1.17 bits per heavy atom. The van der Waals surface area contributed by atoms with Crippen LogP contribution in [0.15, 0.2) is 41.3 Å². The van der Waals surface area contributed by atoms with Crippen LogP contribution in [-0.2, 0) is 25.4 Å². The summed E-state index contributed by atoms with van der Waals surface area (Å²) in [5, 5.41) is 3.39. The molecule has 0 aliphatic rings. The Morgan fingerprint density at radius 3 is 2.53 bits per heavy atom. The Balaban J connectivity index is 2.46. The highest BCUT2D eigenvalue weighted by Crippen LogP contribution is 2.22. The summed E-state index contributed by atoms with van der Waals surface area (Å²) >= 11 is 1.80. The van der Waals surface area contributed by atoms with E-state index in [1.54, 1.807) is 18.7 Å². The maximum absolute atomic E-state index is 11.4. The minimum atomic E-state index is -0.340. The molecule has 0 saturated heterocycles. The molecule has 0 radical (unpaired) electrons. The fourth-order valence-electron chi connectivity index (χ4n) is 2.76. The van der Waals surface area contributed by atoms with Gasteiger partial charge in [-0.1, -0.05) is 18.7 Å². The molecule has 2 unspecified atom stereocenters. The van der Waals surface area contributed by atoms with Crippen molar-refractivity contribution < 1.29 is 19.0 Å². The first-order valence-corrected chi connectivity index (χ1v) is 11.7. The van der Waals surface area contributed by atoms with Gasteiger partial charge in [0.2, 0.25) is 0 Å². The van der Waals surface area contributed by atoms with Crippen LogP contribution in [0.1, 0.15) is 47.1 Å². The average Bonchev–Trinajstić information content (AvgIpc) is 2.67. The molecule has 0 amide bonds. The highest BCUT2D eigenvalue weighted by Gasteiger charge is 2.14. The zero-order valence-corrected chi connectivity index (χ0v) is 20.2. The first kappa shape index (κ1) is 26.7. The van der Waals surface area contributed by atoms with E-state index in [1.807, 2.05) is 13.8 Å². The molecule has 170 valence electrons. The number of thioether (sulfide) groups is 1. The zero-order valence-electron chi connectivity index (χ0n) is 19.4. The van der Waals surface area contributed by atoms with Crippen molar-refractivity contribution in [1.82, 2.24) is 5.32 Å². The summed E-state index contributed by atoms with van der Waals surface area (Å²) in [6.07, 6.45) is 1.36. The molecule has 0 spiro atoms. The van der Waals surface area contributed by atoms with Crippen LogP contribution in [0.5, 0.6) is 0 Å². The normalized spacial score (nSPS) is 13.5. The lowest BCUT2D eigenvalue weighted by Crippen LogP contribution is -2.31. The van der Waals surface area contributed by atoms with Gasteiger partial charge in [-0.25, -0.2) is 4.79 Å². The third-order valence-electron chi connectivity index (χ3n) is 4.13. The van der Waals surface area contributed by atoms with Crippen molar-refractivity contribution in [3.63, 3.8) is 0 Å². The quantitative estimate of drug-likeness (QED) is 0.187. The van der Waals surface area contributed by atoms with Crippen molar-refractivity contribution in [1.29, 1.82) is 0 Å². The van der Waals surface area contributed by atoms with Crippen molar-refractivity contribution in [2.75, 3.05) is 25.5 Å². The maximum atomic E-state index is 11.4. The van der Waals surface area contributed by atoms with Gasteiger partial charge in [-0.2, -0.15) is 0 Å². The second-order valence-corrected chi connectivity index (χ2v) is 9.22. The van der Waals surface area contributed by atoms with Gasteiger partial charge in [0.25, 0.3) is 0 Å². The number of ether oxygens (including phenoxy) is 3. The summed E-state index contributed by atoms with van der Waals surface area (Å²) < 4.78 is 16.9. The van der Waals surface area contributed by atoms with Gasteiger partial charge < -0.3 is 19.5 Å². The second kappa shape index (κ2) is 14.6. The SMILES string of the molecule is C=C(C)C(=O)OCCNC(C)Cc1cccc(SCC(COC(C)C)OC(C)C)c1. The Bertz CT molecular complexity index is 648. The molecule has 30 heavy (non-hydrogen) atoms. The second-order valence-electron chi connectivity index (χ2n) is 8.12. The maximum Gasteiger partial charge on any atom is 0.333 e. The first-order valence-electron chi connectivity index (χ1n) is 10.7. The topological polar surface area (TPSA) is 56.8 Å². The average molecular weight is 438 g/mol. The summed E-state index contributed by atoms with van der Waals surface area (Å²) in [4.78, 5) is 12.6. The Hall–Kier alpha value is -1.34. The number of hydrogen-bond donors (Lipinski definition) is 1. The summed E-state index contributed by atoms with van der Waals surface area (Å²) in [7, 11) is 0. The number of nitrogens with one attached hydrogen (secondary N) is 1. The van der Waals surface area contributed by atoms with Gasteiger partial charge in [0, 0.05) is 28.8 Å². The van der Waals surface area contributed by atoms with E-state index in [1.165, 1.54) is 10.5 Å². The minimum Gasteiger partial charge on any atom is -0.461 e. The molecule has 0 saturated carbocycles. The van der Waals surface area contributed by atoms with Crippen molar-refractivity contribution >= 4 is 17.7 Å². The van der Waals surface area contributed by atoms with Crippen LogP contribution in [0.25, 0.3) is 0 Å². The van der Waals surface area contributed by atoms with Gasteiger partial charge in [0.1, 0.15) is 6.61 Å². The van der Waals surface area contributed by atoms with Crippen LogP contribution in [0.2, 0.25) is 0 Å². The molecule has 1 N–H and O–H groups in total. The number of carbonyl (C=O) groups excluding carboxylic acids is 1. The highest BCUT2D eigenvalue weighted by molar-refractivity contribution is 7.99. The van der Waals surface area contributed by atoms with Gasteiger partial charge in [-0.3, -0.25) is 0 Å². The van der Waals surface area contributed by atoms with Gasteiger partial charge in [-0.05, 0) is 65.7 Å². The summed E-state index contributed by atoms with van der Waals surface area (Å²) in [6.45, 7) is 17.2. The number of rotatable bonds is 15. The first-order chi connectivity index (χ1) is 14.2. The largest absolute Gasteiger partial charge is 0.461 e. The molecule has 0 bridgehead atoms. The van der Waals surface area contributed by atoms with Crippen molar-refractivity contribution in [3.05, 3.63) is 42.0 Å². The van der Waals surface area contributed by atoms with E-state index in [4.69, 9.17) is 14.2 Å². The highest BCUT2D eigenvalue weighted by atomic mass is 32.2. The van der Waals surface area contributed by atoms with Crippen LogP contribution >= 0.6 is 11.8 Å². The third-order valence-corrected chi connectivity index (χ3v) is 5.26. The molecule has 1 aromatic carbocycles. The monoisotopic (exact) mass is 437 g/mol. The summed E-state index contributed by atoms with van der Waals surface area (Å²) in [6, 6.07) is 8.90. The molecule has 0 heterocycles. The molecule has 6 heteroatoms. The van der Waals surface area contributed by atoms with Crippen molar-refractivity contribution in [2.45, 2.75) is 77.2 Å². The lowest BCUT2D eigenvalue weighted by Gasteiger charge is -2.21. The molecule has 1 aromatic rings. The number of esters is 1. The standard InChI is InChI=1S/C24H39NO4S/c1-17(2)24(26)27-12-11-25-20(7)13-21-9-8-10-23(14-21)30-16-22(29-19(5)6)15-28-18(3)4/h8-10,14,18-20,22,25H,1,11-13,15-16H2,2-7H3. The van der Waals surface area contributed by atoms with E-state index in [0.29, 0.717) is 25.3 Å². The van der Waals surface area contributed by atoms with Gasteiger partial charge in [0.05, 0.1) is 24.9 Å². The fraction of sp³-hybridized carbons (Fsp3) is 0.625. The molecule has 0 aromatic heterocycles. The predicted molar refractivity (Wildman–Crippen MR) is 125 cm³/mol. The third kappa shape index (κ3) is 12.4. The lowest BCUT2D eigenvalue weighted by molar-refractivity contribution is -0.138. The molecule has 0 fully saturated rings. The Labute approximate surface area is 186 Å². The van der Waals surface area contributed by atoms with E-state index in [2.05, 4.69) is 56.9 Å². The van der Waals surface area contributed by atoms with Gasteiger partial charge >= 0.3 is 5.97 Å². The zero-order chi connectivity index (χ0) is 22.5. The van der Waals surface area contributed by atoms with Crippen LogP contribution in [0, 0.1) is 0 Å². The molecule has 0 aliphatic carbocycles. The van der Waals surface area contributed by atoms with Crippen LogP contribution in [0.4, 0.5) is 0 Å². The van der Waals surface area contributed by atoms with E-state index in [0.717, 1.165) is 12.2 Å². The number of carbonyl (C=O) groups is 1. The summed E-state index contributed by atoms with van der Waals surface area (Å²) in [5.41, 5.74) is 1.70. The molecule has 0 aliphatic heterocycles. The summed E-state index contributed by atoms with van der Waals surface area (Å²) in [5.74, 6) is 0.517. The lowest BCUT2D eigenvalue weighted by atomic mass is 10.1. The van der Waals surface area contributed by atoms with E-state index >= 15 is 0 Å².